The van der Waals surface area contributed by atoms with Crippen LogP contribution >= 0.6 is 0 Å². The van der Waals surface area contributed by atoms with Gasteiger partial charge in [0.2, 0.25) is 0 Å². The van der Waals surface area contributed by atoms with Gasteiger partial charge in [-0.1, -0.05) is 12.1 Å². The zero-order valence-electron chi connectivity index (χ0n) is 19.0. The first-order valence-electron chi connectivity index (χ1n) is 10.6. The first kappa shape index (κ1) is 23.0. The second-order valence-corrected chi connectivity index (χ2v) is 7.43. The summed E-state index contributed by atoms with van der Waals surface area (Å²) in [5.41, 5.74) is 5.09. The number of carbonyl (C=O) groups excluding carboxylic acids is 1. The Bertz CT molecular complexity index is 1050. The van der Waals surface area contributed by atoms with Gasteiger partial charge in [-0.05, 0) is 86.0 Å². The third-order valence-corrected chi connectivity index (χ3v) is 5.04. The number of aryl methyl sites for hydroxylation is 2. The molecule has 1 amide bonds. The summed E-state index contributed by atoms with van der Waals surface area (Å²) in [4.78, 5) is 12.3. The molecule has 2 N–H and O–H groups in total. The molecule has 0 saturated carbocycles. The van der Waals surface area contributed by atoms with Crippen LogP contribution in [-0.4, -0.2) is 26.2 Å². The summed E-state index contributed by atoms with van der Waals surface area (Å²) in [5.74, 6) is 1.72. The number of rotatable bonds is 10. The van der Waals surface area contributed by atoms with Crippen molar-refractivity contribution in [1.29, 1.82) is 0 Å². The number of hydrogen-bond acceptors (Lipinski definition) is 5. The highest BCUT2D eigenvalue weighted by Crippen LogP contribution is 2.28. The molecule has 0 heterocycles. The highest BCUT2D eigenvalue weighted by molar-refractivity contribution is 5.92. The van der Waals surface area contributed by atoms with E-state index < -0.39 is 0 Å². The van der Waals surface area contributed by atoms with Crippen molar-refractivity contribution in [3.8, 4) is 17.2 Å². The van der Waals surface area contributed by atoms with Gasteiger partial charge >= 0.3 is 0 Å². The SMILES string of the molecule is CCOc1ccc(NCc2ccc(OCC(=O)Nc3ccc(C)c(C)c3)c(OC)c2)cc1. The van der Waals surface area contributed by atoms with Gasteiger partial charge in [0.05, 0.1) is 13.7 Å². The highest BCUT2D eigenvalue weighted by atomic mass is 16.5. The van der Waals surface area contributed by atoms with Gasteiger partial charge < -0.3 is 24.8 Å². The summed E-state index contributed by atoms with van der Waals surface area (Å²) in [7, 11) is 1.58. The van der Waals surface area contributed by atoms with Gasteiger partial charge in [-0.15, -0.1) is 0 Å². The molecule has 3 aromatic carbocycles. The summed E-state index contributed by atoms with van der Waals surface area (Å²) < 4.78 is 16.6. The Labute approximate surface area is 189 Å². The molecule has 0 bridgehead atoms. The van der Waals surface area contributed by atoms with Crippen molar-refractivity contribution in [2.24, 2.45) is 0 Å². The van der Waals surface area contributed by atoms with Crippen LogP contribution in [0.2, 0.25) is 0 Å². The van der Waals surface area contributed by atoms with Gasteiger partial charge in [-0.3, -0.25) is 4.79 Å². The third kappa shape index (κ3) is 6.41. The van der Waals surface area contributed by atoms with Crippen LogP contribution in [0.5, 0.6) is 17.2 Å². The van der Waals surface area contributed by atoms with Crippen molar-refractivity contribution < 1.29 is 19.0 Å². The van der Waals surface area contributed by atoms with E-state index in [1.54, 1.807) is 7.11 Å². The van der Waals surface area contributed by atoms with Gasteiger partial charge in [-0.2, -0.15) is 0 Å². The van der Waals surface area contributed by atoms with Gasteiger partial charge in [0.1, 0.15) is 5.75 Å². The third-order valence-electron chi connectivity index (χ3n) is 5.04. The lowest BCUT2D eigenvalue weighted by Crippen LogP contribution is -2.20. The smallest absolute Gasteiger partial charge is 0.262 e. The monoisotopic (exact) mass is 434 g/mol. The van der Waals surface area contributed by atoms with E-state index in [1.807, 2.05) is 81.4 Å². The minimum absolute atomic E-state index is 0.104. The first-order valence-corrected chi connectivity index (χ1v) is 10.6. The zero-order chi connectivity index (χ0) is 22.9. The van der Waals surface area contributed by atoms with Crippen molar-refractivity contribution in [3.63, 3.8) is 0 Å². The maximum atomic E-state index is 12.3. The molecule has 0 aliphatic rings. The summed E-state index contributed by atoms with van der Waals surface area (Å²) >= 11 is 0. The fourth-order valence-electron chi connectivity index (χ4n) is 3.14. The molecule has 0 unspecified atom stereocenters. The molecule has 0 saturated heterocycles. The first-order chi connectivity index (χ1) is 15.5. The second kappa shape index (κ2) is 11.1. The predicted octanol–water partition coefficient (Wildman–Crippen LogP) is 5.34. The molecule has 0 aliphatic heterocycles. The van der Waals surface area contributed by atoms with Crippen molar-refractivity contribution in [2.45, 2.75) is 27.3 Å². The van der Waals surface area contributed by atoms with Crippen LogP contribution in [0.4, 0.5) is 11.4 Å². The fraction of sp³-hybridized carbons (Fsp3) is 0.269. The molecule has 3 rings (SSSR count). The minimum atomic E-state index is -0.225. The van der Waals surface area contributed by atoms with Crippen molar-refractivity contribution in [2.75, 3.05) is 31.0 Å². The van der Waals surface area contributed by atoms with E-state index in [4.69, 9.17) is 14.2 Å². The minimum Gasteiger partial charge on any atom is -0.494 e. The molecule has 32 heavy (non-hydrogen) atoms. The Morgan fingerprint density at radius 1 is 0.844 bits per heavy atom. The topological polar surface area (TPSA) is 68.8 Å². The number of carbonyl (C=O) groups is 1. The number of hydrogen-bond donors (Lipinski definition) is 2. The van der Waals surface area contributed by atoms with E-state index in [1.165, 1.54) is 5.56 Å². The van der Waals surface area contributed by atoms with E-state index in [-0.39, 0.29) is 12.5 Å². The standard InChI is InChI=1S/C26H30N2O4/c1-5-31-23-11-9-21(10-12-23)27-16-20-7-13-24(25(15-20)30-4)32-17-26(29)28-22-8-6-18(2)19(3)14-22/h6-15,27H,5,16-17H2,1-4H3,(H,28,29). The van der Waals surface area contributed by atoms with E-state index in [0.717, 1.165) is 28.3 Å². The van der Waals surface area contributed by atoms with E-state index in [9.17, 15) is 4.79 Å². The summed E-state index contributed by atoms with van der Waals surface area (Å²) in [6, 6.07) is 19.3. The Kier molecular flexibility index (Phi) is 7.97. The summed E-state index contributed by atoms with van der Waals surface area (Å²) in [5, 5.41) is 6.23. The quantitative estimate of drug-likeness (QED) is 0.451. The fourth-order valence-corrected chi connectivity index (χ4v) is 3.14. The molecular formula is C26H30N2O4. The Morgan fingerprint density at radius 3 is 2.28 bits per heavy atom. The van der Waals surface area contributed by atoms with Gasteiger partial charge in [0.15, 0.2) is 18.1 Å². The molecule has 168 valence electrons. The van der Waals surface area contributed by atoms with Crippen LogP contribution in [-0.2, 0) is 11.3 Å². The molecule has 0 radical (unpaired) electrons. The molecule has 6 heteroatoms. The molecule has 0 aliphatic carbocycles. The zero-order valence-corrected chi connectivity index (χ0v) is 19.0. The highest BCUT2D eigenvalue weighted by Gasteiger charge is 2.10. The average molecular weight is 435 g/mol. The molecule has 0 spiro atoms. The van der Waals surface area contributed by atoms with E-state index in [2.05, 4.69) is 10.6 Å². The lowest BCUT2D eigenvalue weighted by Gasteiger charge is -2.13. The van der Waals surface area contributed by atoms with Gasteiger partial charge in [0.25, 0.3) is 5.91 Å². The van der Waals surface area contributed by atoms with Crippen LogP contribution in [0.3, 0.4) is 0 Å². The Morgan fingerprint density at radius 2 is 1.59 bits per heavy atom. The van der Waals surface area contributed by atoms with Crippen LogP contribution in [0.1, 0.15) is 23.6 Å². The lowest BCUT2D eigenvalue weighted by atomic mass is 10.1. The van der Waals surface area contributed by atoms with E-state index >= 15 is 0 Å². The molecule has 0 fully saturated rings. The van der Waals surface area contributed by atoms with Gasteiger partial charge in [-0.25, -0.2) is 0 Å². The molecule has 0 atom stereocenters. The largest absolute Gasteiger partial charge is 0.494 e. The van der Waals surface area contributed by atoms with Crippen LogP contribution in [0, 0.1) is 13.8 Å². The van der Waals surface area contributed by atoms with Crippen LogP contribution in [0.15, 0.2) is 60.7 Å². The van der Waals surface area contributed by atoms with Crippen molar-refractivity contribution in [1.82, 2.24) is 0 Å². The molecule has 6 nitrogen and oxygen atoms in total. The molecule has 0 aromatic heterocycles. The maximum Gasteiger partial charge on any atom is 0.262 e. The predicted molar refractivity (Wildman–Crippen MR) is 128 cm³/mol. The number of methoxy groups -OCH3 is 1. The lowest BCUT2D eigenvalue weighted by molar-refractivity contribution is -0.118. The second-order valence-electron chi connectivity index (χ2n) is 7.43. The van der Waals surface area contributed by atoms with Crippen molar-refractivity contribution >= 4 is 17.3 Å². The summed E-state index contributed by atoms with van der Waals surface area (Å²) in [6.07, 6.45) is 0. The number of benzene rings is 3. The number of amides is 1. The van der Waals surface area contributed by atoms with Gasteiger partial charge in [0, 0.05) is 17.9 Å². The van der Waals surface area contributed by atoms with E-state index in [0.29, 0.717) is 24.7 Å². The summed E-state index contributed by atoms with van der Waals surface area (Å²) in [6.45, 7) is 7.18. The number of nitrogens with one attached hydrogen (secondary N) is 2. The number of anilines is 2. The average Bonchev–Trinajstić information content (AvgIpc) is 2.80. The Balaban J connectivity index is 1.54. The molecule has 3 aromatic rings. The van der Waals surface area contributed by atoms with Crippen LogP contribution in [0.25, 0.3) is 0 Å². The van der Waals surface area contributed by atoms with Crippen LogP contribution < -0.4 is 24.8 Å². The molecular weight excluding hydrogens is 404 g/mol. The maximum absolute atomic E-state index is 12.3. The normalized spacial score (nSPS) is 10.4. The van der Waals surface area contributed by atoms with Crippen molar-refractivity contribution in [3.05, 3.63) is 77.4 Å². The Hall–Kier alpha value is -3.67. The number of ether oxygens (including phenoxy) is 3.